The van der Waals surface area contributed by atoms with Crippen LogP contribution in [0.3, 0.4) is 0 Å². The van der Waals surface area contributed by atoms with Crippen molar-refractivity contribution >= 4 is 17.3 Å². The fourth-order valence-electron chi connectivity index (χ4n) is 1.47. The second-order valence-electron chi connectivity index (χ2n) is 4.10. The number of hydrogen-bond acceptors (Lipinski definition) is 4. The molecule has 8 heteroatoms. The highest BCUT2D eigenvalue weighted by molar-refractivity contribution is 5.94. The monoisotopic (exact) mass is 306 g/mol. The van der Waals surface area contributed by atoms with E-state index in [1.54, 1.807) is 0 Å². The lowest BCUT2D eigenvalue weighted by atomic mass is 10.1. The van der Waals surface area contributed by atoms with E-state index in [1.807, 2.05) is 6.92 Å². The van der Waals surface area contributed by atoms with Crippen molar-refractivity contribution in [2.24, 2.45) is 0 Å². The Labute approximate surface area is 120 Å². The summed E-state index contributed by atoms with van der Waals surface area (Å²) in [4.78, 5) is 11.5. The van der Waals surface area contributed by atoms with Crippen molar-refractivity contribution in [2.45, 2.75) is 13.1 Å². The maximum absolute atomic E-state index is 12.5. The van der Waals surface area contributed by atoms with Gasteiger partial charge in [0.2, 0.25) is 5.91 Å². The molecule has 0 bridgehead atoms. The molecule has 0 unspecified atom stereocenters. The molecule has 0 aliphatic heterocycles. The maximum atomic E-state index is 12.5. The average molecular weight is 306 g/mol. The summed E-state index contributed by atoms with van der Waals surface area (Å²) in [6, 6.07) is 2.73. The van der Waals surface area contributed by atoms with Gasteiger partial charge in [0.25, 0.3) is 0 Å². The topological polar surface area (TPSA) is 73.6 Å². The van der Waals surface area contributed by atoms with Gasteiger partial charge in [-0.1, -0.05) is 0 Å². The molecule has 1 rings (SSSR count). The van der Waals surface area contributed by atoms with Crippen molar-refractivity contribution in [2.75, 3.05) is 37.5 Å². The van der Waals surface area contributed by atoms with Crippen LogP contribution in [0.1, 0.15) is 12.5 Å². The van der Waals surface area contributed by atoms with Crippen LogP contribution in [-0.4, -0.2) is 32.3 Å². The van der Waals surface area contributed by atoms with Crippen LogP contribution >= 0.6 is 0 Å². The van der Waals surface area contributed by atoms with Crippen molar-refractivity contribution < 1.29 is 27.4 Å². The van der Waals surface area contributed by atoms with Gasteiger partial charge in [-0.05, 0) is 25.1 Å². The zero-order valence-electron chi connectivity index (χ0n) is 11.5. The number of amides is 1. The molecule has 0 aromatic heterocycles. The normalized spacial score (nSPS) is 11.4. The first kappa shape index (κ1) is 17.3. The van der Waals surface area contributed by atoms with Crippen LogP contribution in [0, 0.1) is 0 Å². The van der Waals surface area contributed by atoms with Crippen LogP contribution in [0.4, 0.5) is 24.5 Å². The Balaban J connectivity index is 2.49. The van der Waals surface area contributed by atoms with Gasteiger partial charge in [0.05, 0.1) is 30.2 Å². The number of ether oxygens (including phenoxy) is 2. The Morgan fingerprint density at radius 1 is 1.29 bits per heavy atom. The number of carbonyl (C=O) groups is 1. The summed E-state index contributed by atoms with van der Waals surface area (Å²) in [5.74, 6) is -0.502. The van der Waals surface area contributed by atoms with E-state index < -0.39 is 17.6 Å². The Kier molecular flexibility index (Phi) is 6.44. The first-order valence-corrected chi connectivity index (χ1v) is 6.26. The highest BCUT2D eigenvalue weighted by Gasteiger charge is 2.30. The number of nitrogens with two attached hydrogens (primary N) is 1. The summed E-state index contributed by atoms with van der Waals surface area (Å²) in [5, 5.41) is 2.38. The van der Waals surface area contributed by atoms with Crippen LogP contribution in [0.15, 0.2) is 18.2 Å². The predicted octanol–water partition coefficient (Wildman–Crippen LogP) is 2.28. The number of carbonyl (C=O) groups excluding carboxylic acids is 1. The van der Waals surface area contributed by atoms with Crippen molar-refractivity contribution in [3.8, 4) is 0 Å². The molecule has 0 saturated carbocycles. The number of anilines is 2. The molecule has 0 atom stereocenters. The van der Waals surface area contributed by atoms with E-state index in [9.17, 15) is 18.0 Å². The molecule has 0 heterocycles. The van der Waals surface area contributed by atoms with Gasteiger partial charge in [-0.25, -0.2) is 0 Å². The fraction of sp³-hybridized carbons (Fsp3) is 0.462. The number of alkyl halides is 3. The maximum Gasteiger partial charge on any atom is 0.416 e. The lowest BCUT2D eigenvalue weighted by Crippen LogP contribution is -2.20. The summed E-state index contributed by atoms with van der Waals surface area (Å²) in [6.45, 7) is 2.78. The molecule has 0 radical (unpaired) electrons. The van der Waals surface area contributed by atoms with E-state index in [-0.39, 0.29) is 24.6 Å². The molecule has 0 aliphatic rings. The molecule has 3 N–H and O–H groups in total. The largest absolute Gasteiger partial charge is 0.416 e. The quantitative estimate of drug-likeness (QED) is 0.599. The molecular weight excluding hydrogens is 289 g/mol. The zero-order chi connectivity index (χ0) is 15.9. The molecule has 21 heavy (non-hydrogen) atoms. The van der Waals surface area contributed by atoms with Crippen molar-refractivity contribution in [1.29, 1.82) is 0 Å². The van der Waals surface area contributed by atoms with Gasteiger partial charge in [0, 0.05) is 6.61 Å². The Morgan fingerprint density at radius 3 is 2.52 bits per heavy atom. The number of benzene rings is 1. The first-order valence-electron chi connectivity index (χ1n) is 6.26. The number of nitrogen functional groups attached to an aromatic ring is 1. The molecule has 1 aromatic rings. The Hall–Kier alpha value is -1.80. The Bertz CT molecular complexity index is 478. The number of hydrogen-bond donors (Lipinski definition) is 2. The molecule has 5 nitrogen and oxygen atoms in total. The van der Waals surface area contributed by atoms with Gasteiger partial charge in [0.1, 0.15) is 6.61 Å². The summed E-state index contributed by atoms with van der Waals surface area (Å²) in [7, 11) is 0. The van der Waals surface area contributed by atoms with Gasteiger partial charge < -0.3 is 20.5 Å². The SMILES string of the molecule is CCOCCOCC(=O)Nc1ccc(C(F)(F)F)cc1N. The highest BCUT2D eigenvalue weighted by Crippen LogP contribution is 2.32. The van der Waals surface area contributed by atoms with Gasteiger partial charge in [-0.2, -0.15) is 13.2 Å². The van der Waals surface area contributed by atoms with E-state index >= 15 is 0 Å². The summed E-state index contributed by atoms with van der Waals surface area (Å²) < 4.78 is 47.4. The van der Waals surface area contributed by atoms with Crippen LogP contribution in [0.2, 0.25) is 0 Å². The van der Waals surface area contributed by atoms with E-state index in [2.05, 4.69) is 5.32 Å². The van der Waals surface area contributed by atoms with E-state index in [1.165, 1.54) is 0 Å². The average Bonchev–Trinajstić information content (AvgIpc) is 2.39. The minimum absolute atomic E-state index is 0.112. The molecule has 1 aromatic carbocycles. The second-order valence-corrected chi connectivity index (χ2v) is 4.10. The summed E-state index contributed by atoms with van der Waals surface area (Å²) >= 11 is 0. The van der Waals surface area contributed by atoms with Crippen molar-refractivity contribution in [1.82, 2.24) is 0 Å². The predicted molar refractivity (Wildman–Crippen MR) is 71.8 cm³/mol. The van der Waals surface area contributed by atoms with E-state index in [4.69, 9.17) is 15.2 Å². The van der Waals surface area contributed by atoms with Gasteiger partial charge in [-0.3, -0.25) is 4.79 Å². The van der Waals surface area contributed by atoms with Gasteiger partial charge >= 0.3 is 6.18 Å². The van der Waals surface area contributed by atoms with Crippen LogP contribution in [0.25, 0.3) is 0 Å². The highest BCUT2D eigenvalue weighted by atomic mass is 19.4. The minimum atomic E-state index is -4.47. The minimum Gasteiger partial charge on any atom is -0.397 e. The molecule has 0 spiro atoms. The molecular formula is C13H17F3N2O3. The van der Waals surface area contributed by atoms with Crippen LogP contribution < -0.4 is 11.1 Å². The molecule has 0 aliphatic carbocycles. The summed E-state index contributed by atoms with van der Waals surface area (Å²) in [6.07, 6.45) is -4.47. The second kappa shape index (κ2) is 7.84. The zero-order valence-corrected chi connectivity index (χ0v) is 11.5. The lowest BCUT2D eigenvalue weighted by Gasteiger charge is -2.12. The van der Waals surface area contributed by atoms with Crippen molar-refractivity contribution in [3.05, 3.63) is 23.8 Å². The van der Waals surface area contributed by atoms with E-state index in [0.29, 0.717) is 13.2 Å². The smallest absolute Gasteiger partial charge is 0.397 e. The van der Waals surface area contributed by atoms with Crippen molar-refractivity contribution in [3.63, 3.8) is 0 Å². The third-order valence-corrected chi connectivity index (χ3v) is 2.46. The third-order valence-electron chi connectivity index (χ3n) is 2.46. The van der Waals surface area contributed by atoms with Crippen LogP contribution in [-0.2, 0) is 20.4 Å². The Morgan fingerprint density at radius 2 is 1.95 bits per heavy atom. The number of halogens is 3. The summed E-state index contributed by atoms with van der Waals surface area (Å²) in [5.41, 5.74) is 4.57. The molecule has 118 valence electrons. The fourth-order valence-corrected chi connectivity index (χ4v) is 1.47. The molecule has 0 saturated heterocycles. The number of rotatable bonds is 7. The third kappa shape index (κ3) is 6.01. The molecule has 1 amide bonds. The van der Waals surface area contributed by atoms with Gasteiger partial charge in [0.15, 0.2) is 0 Å². The number of nitrogens with one attached hydrogen (secondary N) is 1. The lowest BCUT2D eigenvalue weighted by molar-refractivity contribution is -0.137. The standard InChI is InChI=1S/C13H17F3N2O3/c1-2-20-5-6-21-8-12(19)18-11-4-3-9(7-10(11)17)13(14,15)16/h3-4,7H,2,5-6,8,17H2,1H3,(H,18,19). The van der Waals surface area contributed by atoms with Gasteiger partial charge in [-0.15, -0.1) is 0 Å². The van der Waals surface area contributed by atoms with Crippen LogP contribution in [0.5, 0.6) is 0 Å². The van der Waals surface area contributed by atoms with E-state index in [0.717, 1.165) is 18.2 Å². The first-order chi connectivity index (χ1) is 9.84. The molecule has 0 fully saturated rings.